The van der Waals surface area contributed by atoms with E-state index < -0.39 is 0 Å². The minimum Gasteiger partial charge on any atom is -0.382 e. The van der Waals surface area contributed by atoms with Gasteiger partial charge in [-0.25, -0.2) is 4.68 Å². The number of H-pyrrole nitrogens is 1. The number of nitrogens with zero attached hydrogens (tertiary/aromatic N) is 3. The molecule has 22 heavy (non-hydrogen) atoms. The minimum absolute atomic E-state index is 0.0683. The zero-order chi connectivity index (χ0) is 15.5. The molecular formula is C15H12ClN5O. The predicted molar refractivity (Wildman–Crippen MR) is 86.4 cm³/mol. The Morgan fingerprint density at radius 3 is 2.36 bits per heavy atom. The van der Waals surface area contributed by atoms with E-state index in [1.807, 2.05) is 18.2 Å². The fourth-order valence-corrected chi connectivity index (χ4v) is 2.04. The summed E-state index contributed by atoms with van der Waals surface area (Å²) in [5.74, 6) is 0.159. The van der Waals surface area contributed by atoms with Crippen molar-refractivity contribution in [3.05, 3.63) is 70.0 Å². The topological polar surface area (TPSA) is 88.5 Å². The van der Waals surface area contributed by atoms with Crippen molar-refractivity contribution in [1.82, 2.24) is 9.78 Å². The zero-order valence-corrected chi connectivity index (χ0v) is 12.2. The highest BCUT2D eigenvalue weighted by molar-refractivity contribution is 6.30. The van der Waals surface area contributed by atoms with Crippen LogP contribution in [0.25, 0.3) is 5.69 Å². The number of nitrogens with two attached hydrogens (primary N) is 1. The van der Waals surface area contributed by atoms with Crippen molar-refractivity contribution in [1.29, 1.82) is 0 Å². The molecule has 0 atom stereocenters. The summed E-state index contributed by atoms with van der Waals surface area (Å²) in [7, 11) is 0. The van der Waals surface area contributed by atoms with Crippen LogP contribution in [0, 0.1) is 0 Å². The average molecular weight is 314 g/mol. The second-order valence-electron chi connectivity index (χ2n) is 4.53. The van der Waals surface area contributed by atoms with Crippen LogP contribution >= 0.6 is 11.6 Å². The molecule has 0 aliphatic carbocycles. The van der Waals surface area contributed by atoms with Gasteiger partial charge in [-0.3, -0.25) is 9.89 Å². The van der Waals surface area contributed by atoms with E-state index >= 15 is 0 Å². The van der Waals surface area contributed by atoms with Gasteiger partial charge in [-0.05, 0) is 36.4 Å². The smallest absolute Gasteiger partial charge is 0.301 e. The number of para-hydroxylation sites is 1. The maximum Gasteiger partial charge on any atom is 0.301 e. The minimum atomic E-state index is -0.360. The summed E-state index contributed by atoms with van der Waals surface area (Å²) >= 11 is 5.80. The molecule has 7 heteroatoms. The number of anilines is 1. The van der Waals surface area contributed by atoms with Gasteiger partial charge < -0.3 is 5.73 Å². The molecule has 6 nitrogen and oxygen atoms in total. The lowest BCUT2D eigenvalue weighted by Crippen LogP contribution is -2.13. The maximum atomic E-state index is 12.3. The van der Waals surface area contributed by atoms with E-state index in [0.29, 0.717) is 16.4 Å². The first-order valence-corrected chi connectivity index (χ1v) is 6.86. The normalized spacial score (nSPS) is 11.1. The Labute approximate surface area is 130 Å². The molecular weight excluding hydrogens is 302 g/mol. The standard InChI is InChI=1S/C15H12ClN5O/c16-10-6-8-11(9-7-10)18-19-13-14(17)20-21(15(13)22)12-4-2-1-3-5-12/h1-9,20H,17H2. The van der Waals surface area contributed by atoms with Crippen molar-refractivity contribution in [3.8, 4) is 5.69 Å². The van der Waals surface area contributed by atoms with Crippen molar-refractivity contribution in [2.24, 2.45) is 10.2 Å². The third-order valence-electron chi connectivity index (χ3n) is 3.00. The second kappa shape index (κ2) is 5.87. The molecule has 3 rings (SSSR count). The van der Waals surface area contributed by atoms with Gasteiger partial charge in [0.05, 0.1) is 11.4 Å². The summed E-state index contributed by atoms with van der Waals surface area (Å²) in [6, 6.07) is 15.9. The van der Waals surface area contributed by atoms with E-state index in [1.54, 1.807) is 36.4 Å². The third-order valence-corrected chi connectivity index (χ3v) is 3.25. The first kappa shape index (κ1) is 14.1. The van der Waals surface area contributed by atoms with E-state index in [9.17, 15) is 4.79 Å². The van der Waals surface area contributed by atoms with Crippen molar-refractivity contribution < 1.29 is 0 Å². The predicted octanol–water partition coefficient (Wildman–Crippen LogP) is 3.82. The first-order chi connectivity index (χ1) is 10.6. The SMILES string of the molecule is Nc1[nH]n(-c2ccccc2)c(=O)c1N=Nc1ccc(Cl)cc1. The largest absolute Gasteiger partial charge is 0.382 e. The molecule has 2 aromatic carbocycles. The highest BCUT2D eigenvalue weighted by atomic mass is 35.5. The molecule has 0 aliphatic rings. The van der Waals surface area contributed by atoms with Crippen molar-refractivity contribution >= 4 is 28.8 Å². The second-order valence-corrected chi connectivity index (χ2v) is 4.96. The van der Waals surface area contributed by atoms with Crippen molar-refractivity contribution in [2.45, 2.75) is 0 Å². The molecule has 3 aromatic rings. The lowest BCUT2D eigenvalue weighted by molar-refractivity contribution is 0.853. The Bertz CT molecular complexity index is 865. The number of nitrogens with one attached hydrogen (secondary N) is 1. The number of hydrogen-bond acceptors (Lipinski definition) is 4. The van der Waals surface area contributed by atoms with Gasteiger partial charge in [0.15, 0.2) is 5.69 Å². The number of aromatic nitrogens is 2. The summed E-state index contributed by atoms with van der Waals surface area (Å²) in [6.45, 7) is 0. The number of hydrogen-bond donors (Lipinski definition) is 2. The van der Waals surface area contributed by atoms with Crippen LogP contribution in [0.1, 0.15) is 0 Å². The van der Waals surface area contributed by atoms with E-state index in [2.05, 4.69) is 15.3 Å². The van der Waals surface area contributed by atoms with Gasteiger partial charge in [0.2, 0.25) is 0 Å². The van der Waals surface area contributed by atoms with E-state index in [1.165, 1.54) is 4.68 Å². The van der Waals surface area contributed by atoms with Gasteiger partial charge in [-0.15, -0.1) is 5.11 Å². The molecule has 0 bridgehead atoms. The van der Waals surface area contributed by atoms with Gasteiger partial charge in [-0.1, -0.05) is 29.8 Å². The number of nitrogen functional groups attached to an aromatic ring is 1. The molecule has 1 heterocycles. The van der Waals surface area contributed by atoms with E-state index in [0.717, 1.165) is 0 Å². The van der Waals surface area contributed by atoms with Crippen LogP contribution in [0.15, 0.2) is 69.6 Å². The molecule has 110 valence electrons. The van der Waals surface area contributed by atoms with Gasteiger partial charge in [0.25, 0.3) is 0 Å². The van der Waals surface area contributed by atoms with Gasteiger partial charge >= 0.3 is 5.56 Å². The fraction of sp³-hybridized carbons (Fsp3) is 0. The molecule has 0 unspecified atom stereocenters. The van der Waals surface area contributed by atoms with Gasteiger partial charge in [0, 0.05) is 5.02 Å². The Kier molecular flexibility index (Phi) is 3.76. The van der Waals surface area contributed by atoms with Crippen molar-refractivity contribution in [2.75, 3.05) is 5.73 Å². The molecule has 0 radical (unpaired) electrons. The average Bonchev–Trinajstić information content (AvgIpc) is 2.82. The quantitative estimate of drug-likeness (QED) is 0.720. The zero-order valence-electron chi connectivity index (χ0n) is 11.4. The van der Waals surface area contributed by atoms with Crippen LogP contribution < -0.4 is 11.3 Å². The van der Waals surface area contributed by atoms with E-state index in [-0.39, 0.29) is 17.1 Å². The highest BCUT2D eigenvalue weighted by Crippen LogP contribution is 2.21. The summed E-state index contributed by atoms with van der Waals surface area (Å²) in [4.78, 5) is 12.3. The molecule has 0 aliphatic heterocycles. The Balaban J connectivity index is 1.97. The van der Waals surface area contributed by atoms with Crippen LogP contribution in [0.3, 0.4) is 0 Å². The van der Waals surface area contributed by atoms with Gasteiger partial charge in [-0.2, -0.15) is 5.11 Å². The summed E-state index contributed by atoms with van der Waals surface area (Å²) in [5.41, 5.74) is 6.78. The number of aromatic amines is 1. The summed E-state index contributed by atoms with van der Waals surface area (Å²) in [5, 5.41) is 11.3. The molecule has 1 aromatic heterocycles. The Morgan fingerprint density at radius 1 is 1.00 bits per heavy atom. The summed E-state index contributed by atoms with van der Waals surface area (Å²) < 4.78 is 1.32. The molecule has 0 saturated carbocycles. The molecule has 0 amide bonds. The van der Waals surface area contributed by atoms with Gasteiger partial charge in [0.1, 0.15) is 5.82 Å². The number of halogens is 1. The molecule has 0 fully saturated rings. The van der Waals surface area contributed by atoms with Crippen LogP contribution in [-0.4, -0.2) is 9.78 Å². The Hall–Kier alpha value is -2.86. The molecule has 3 N–H and O–H groups in total. The Morgan fingerprint density at radius 2 is 1.68 bits per heavy atom. The lowest BCUT2D eigenvalue weighted by atomic mass is 10.3. The number of benzene rings is 2. The number of rotatable bonds is 3. The molecule has 0 saturated heterocycles. The third kappa shape index (κ3) is 2.77. The first-order valence-electron chi connectivity index (χ1n) is 6.48. The summed E-state index contributed by atoms with van der Waals surface area (Å²) in [6.07, 6.45) is 0. The maximum absolute atomic E-state index is 12.3. The van der Waals surface area contributed by atoms with Crippen LogP contribution in [0.4, 0.5) is 17.2 Å². The molecule has 0 spiro atoms. The number of azo groups is 1. The fourth-order valence-electron chi connectivity index (χ4n) is 1.92. The lowest BCUT2D eigenvalue weighted by Gasteiger charge is -1.98. The van der Waals surface area contributed by atoms with Crippen molar-refractivity contribution in [3.63, 3.8) is 0 Å². The monoisotopic (exact) mass is 313 g/mol. The van der Waals surface area contributed by atoms with Crippen LogP contribution in [-0.2, 0) is 0 Å². The van der Waals surface area contributed by atoms with Crippen LogP contribution in [0.5, 0.6) is 0 Å². The highest BCUT2D eigenvalue weighted by Gasteiger charge is 2.12. The van der Waals surface area contributed by atoms with E-state index in [4.69, 9.17) is 17.3 Å². The van der Waals surface area contributed by atoms with Crippen LogP contribution in [0.2, 0.25) is 5.02 Å².